The summed E-state index contributed by atoms with van der Waals surface area (Å²) < 4.78 is 1.15. The minimum absolute atomic E-state index is 0. The zero-order valence-corrected chi connectivity index (χ0v) is 15.1. The average molecular weight is 385 g/mol. The van der Waals surface area contributed by atoms with Crippen molar-refractivity contribution >= 4 is 40.7 Å². The molecule has 6 heteroatoms. The van der Waals surface area contributed by atoms with Gasteiger partial charge in [0.15, 0.2) is 0 Å². The third kappa shape index (κ3) is 7.25. The molecule has 0 saturated carbocycles. The number of benzene rings is 1. The van der Waals surface area contributed by atoms with Crippen molar-refractivity contribution in [1.29, 1.82) is 0 Å². The molecule has 1 aromatic carbocycles. The van der Waals surface area contributed by atoms with E-state index in [-0.39, 0.29) is 24.8 Å². The topological polar surface area (TPSA) is 18.5 Å². The summed E-state index contributed by atoms with van der Waals surface area (Å²) in [5.41, 5.74) is 1.38. The van der Waals surface area contributed by atoms with Crippen LogP contribution in [0.2, 0.25) is 0 Å². The van der Waals surface area contributed by atoms with Gasteiger partial charge in [0.05, 0.1) is 0 Å². The molecule has 1 saturated heterocycles. The van der Waals surface area contributed by atoms with Crippen LogP contribution in [0.4, 0.5) is 0 Å². The highest BCUT2D eigenvalue weighted by Gasteiger charge is 2.09. The first-order valence-corrected chi connectivity index (χ1v) is 7.39. The zero-order valence-electron chi connectivity index (χ0n) is 11.8. The fourth-order valence-electron chi connectivity index (χ4n) is 2.23. The molecule has 3 nitrogen and oxygen atoms in total. The Kier molecular flexibility index (Phi) is 10.9. The van der Waals surface area contributed by atoms with E-state index in [2.05, 4.69) is 62.4 Å². The number of likely N-dealkylation sites (N-methyl/N-ethyl adjacent to an activating group) is 1. The van der Waals surface area contributed by atoms with Gasteiger partial charge >= 0.3 is 0 Å². The van der Waals surface area contributed by atoms with Crippen LogP contribution in [-0.2, 0) is 6.54 Å². The molecular formula is C14H24BrCl2N3. The van der Waals surface area contributed by atoms with Crippen LogP contribution in [0, 0.1) is 0 Å². The third-order valence-corrected chi connectivity index (χ3v) is 3.90. The van der Waals surface area contributed by atoms with Crippen molar-refractivity contribution in [2.75, 3.05) is 46.3 Å². The van der Waals surface area contributed by atoms with Gasteiger partial charge in [-0.15, -0.1) is 24.8 Å². The van der Waals surface area contributed by atoms with Crippen molar-refractivity contribution in [3.63, 3.8) is 0 Å². The summed E-state index contributed by atoms with van der Waals surface area (Å²) in [7, 11) is 2.20. The number of hydrogen-bond donors (Lipinski definition) is 1. The summed E-state index contributed by atoms with van der Waals surface area (Å²) in [6, 6.07) is 8.59. The lowest BCUT2D eigenvalue weighted by Crippen LogP contribution is -2.45. The van der Waals surface area contributed by atoms with E-state index in [1.807, 2.05) is 0 Å². The Morgan fingerprint density at radius 2 is 1.75 bits per heavy atom. The zero-order chi connectivity index (χ0) is 12.8. The van der Waals surface area contributed by atoms with Crippen molar-refractivity contribution in [3.8, 4) is 0 Å². The first-order chi connectivity index (χ1) is 8.74. The van der Waals surface area contributed by atoms with E-state index in [0.29, 0.717) is 0 Å². The van der Waals surface area contributed by atoms with Gasteiger partial charge in [-0.1, -0.05) is 28.1 Å². The summed E-state index contributed by atoms with van der Waals surface area (Å²) in [6.07, 6.45) is 0. The molecule has 0 radical (unpaired) electrons. The Labute approximate surface area is 143 Å². The maximum atomic E-state index is 3.47. The fourth-order valence-corrected chi connectivity index (χ4v) is 2.49. The van der Waals surface area contributed by atoms with Crippen molar-refractivity contribution in [3.05, 3.63) is 34.3 Å². The van der Waals surface area contributed by atoms with Gasteiger partial charge in [0.2, 0.25) is 0 Å². The predicted octanol–water partition coefficient (Wildman–Crippen LogP) is 2.63. The largest absolute Gasteiger partial charge is 0.314 e. The Hall–Kier alpha value is 0.160. The van der Waals surface area contributed by atoms with Crippen LogP contribution in [0.15, 0.2) is 28.7 Å². The number of hydrogen-bond acceptors (Lipinski definition) is 3. The SMILES string of the molecule is CN(CCN1CCNCC1)Cc1ccc(Br)cc1.Cl.Cl. The van der Waals surface area contributed by atoms with Crippen molar-refractivity contribution in [1.82, 2.24) is 15.1 Å². The summed E-state index contributed by atoms with van der Waals surface area (Å²) in [6.45, 7) is 7.98. The molecule has 0 unspecified atom stereocenters. The Balaban J connectivity index is 0.00000180. The maximum absolute atomic E-state index is 3.47. The van der Waals surface area contributed by atoms with E-state index in [1.165, 1.54) is 25.2 Å². The Morgan fingerprint density at radius 1 is 1.15 bits per heavy atom. The van der Waals surface area contributed by atoms with Crippen LogP contribution in [-0.4, -0.2) is 56.1 Å². The van der Waals surface area contributed by atoms with E-state index in [0.717, 1.165) is 30.7 Å². The molecule has 20 heavy (non-hydrogen) atoms. The van der Waals surface area contributed by atoms with Gasteiger partial charge in [0.25, 0.3) is 0 Å². The summed E-state index contributed by atoms with van der Waals surface area (Å²) in [5.74, 6) is 0. The smallest absolute Gasteiger partial charge is 0.0231 e. The second-order valence-electron chi connectivity index (χ2n) is 4.96. The molecule has 0 atom stereocenters. The van der Waals surface area contributed by atoms with Gasteiger partial charge in [-0.2, -0.15) is 0 Å². The molecule has 0 amide bonds. The van der Waals surface area contributed by atoms with Crippen LogP contribution >= 0.6 is 40.7 Å². The summed E-state index contributed by atoms with van der Waals surface area (Å²) >= 11 is 3.47. The highest BCUT2D eigenvalue weighted by molar-refractivity contribution is 9.10. The fraction of sp³-hybridized carbons (Fsp3) is 0.571. The molecule has 0 bridgehead atoms. The van der Waals surface area contributed by atoms with Crippen LogP contribution < -0.4 is 5.32 Å². The number of halogens is 3. The van der Waals surface area contributed by atoms with E-state index >= 15 is 0 Å². The molecular weight excluding hydrogens is 361 g/mol. The van der Waals surface area contributed by atoms with E-state index < -0.39 is 0 Å². The Bertz CT molecular complexity index is 356. The molecule has 1 fully saturated rings. The highest BCUT2D eigenvalue weighted by Crippen LogP contribution is 2.11. The molecule has 0 aliphatic carbocycles. The monoisotopic (exact) mass is 383 g/mol. The number of piperazine rings is 1. The minimum atomic E-state index is 0. The molecule has 1 N–H and O–H groups in total. The molecule has 0 aromatic heterocycles. The second kappa shape index (κ2) is 10.8. The van der Waals surface area contributed by atoms with Gasteiger partial charge in [0.1, 0.15) is 0 Å². The molecule has 1 aliphatic rings. The van der Waals surface area contributed by atoms with Gasteiger partial charge in [-0.25, -0.2) is 0 Å². The highest BCUT2D eigenvalue weighted by atomic mass is 79.9. The lowest BCUT2D eigenvalue weighted by molar-refractivity contribution is 0.202. The van der Waals surface area contributed by atoms with Gasteiger partial charge in [0, 0.05) is 50.3 Å². The molecule has 116 valence electrons. The molecule has 0 spiro atoms. The number of nitrogens with zero attached hydrogens (tertiary/aromatic N) is 2. The van der Waals surface area contributed by atoms with Gasteiger partial charge in [-0.05, 0) is 24.7 Å². The van der Waals surface area contributed by atoms with Crippen LogP contribution in [0.25, 0.3) is 0 Å². The molecule has 1 aliphatic heterocycles. The minimum Gasteiger partial charge on any atom is -0.314 e. The molecule has 1 heterocycles. The van der Waals surface area contributed by atoms with Crippen molar-refractivity contribution in [2.24, 2.45) is 0 Å². The lowest BCUT2D eigenvalue weighted by atomic mass is 10.2. The van der Waals surface area contributed by atoms with Gasteiger partial charge in [-0.3, -0.25) is 4.90 Å². The predicted molar refractivity (Wildman–Crippen MR) is 94.3 cm³/mol. The van der Waals surface area contributed by atoms with Gasteiger partial charge < -0.3 is 10.2 Å². The number of nitrogens with one attached hydrogen (secondary N) is 1. The number of rotatable bonds is 5. The van der Waals surface area contributed by atoms with Crippen LogP contribution in [0.1, 0.15) is 5.56 Å². The van der Waals surface area contributed by atoms with Crippen LogP contribution in [0.5, 0.6) is 0 Å². The standard InChI is InChI=1S/C14H22BrN3.2ClH/c1-17(10-11-18-8-6-16-7-9-18)12-13-2-4-14(15)5-3-13;;/h2-5,16H,6-12H2,1H3;2*1H. The van der Waals surface area contributed by atoms with E-state index in [9.17, 15) is 0 Å². The second-order valence-corrected chi connectivity index (χ2v) is 5.87. The first-order valence-electron chi connectivity index (χ1n) is 6.60. The Morgan fingerprint density at radius 3 is 2.35 bits per heavy atom. The quantitative estimate of drug-likeness (QED) is 0.841. The molecule has 2 rings (SSSR count). The normalized spacial score (nSPS) is 15.6. The lowest BCUT2D eigenvalue weighted by Gasteiger charge is -2.29. The summed E-state index contributed by atoms with van der Waals surface area (Å²) in [5, 5.41) is 3.39. The van der Waals surface area contributed by atoms with Crippen molar-refractivity contribution < 1.29 is 0 Å². The van der Waals surface area contributed by atoms with E-state index in [4.69, 9.17) is 0 Å². The molecule has 1 aromatic rings. The van der Waals surface area contributed by atoms with Crippen molar-refractivity contribution in [2.45, 2.75) is 6.54 Å². The third-order valence-electron chi connectivity index (χ3n) is 3.37. The first kappa shape index (κ1) is 20.2. The maximum Gasteiger partial charge on any atom is 0.0231 e. The van der Waals surface area contributed by atoms with Crippen LogP contribution in [0.3, 0.4) is 0 Å². The van der Waals surface area contributed by atoms with E-state index in [1.54, 1.807) is 0 Å². The average Bonchev–Trinajstić information content (AvgIpc) is 2.40. The summed E-state index contributed by atoms with van der Waals surface area (Å²) in [4.78, 5) is 4.93.